The number of carbonyl (C=O) groups excluding carboxylic acids is 1. The molecule has 0 spiro atoms. The Kier molecular flexibility index (Phi) is 3.43. The molecule has 4 rings (SSSR count). The van der Waals surface area contributed by atoms with Crippen LogP contribution in [0.5, 0.6) is 0 Å². The second-order valence-electron chi connectivity index (χ2n) is 9.04. The third kappa shape index (κ3) is 2.06. The van der Waals surface area contributed by atoms with E-state index in [1.165, 1.54) is 24.8 Å². The normalized spacial score (nSPS) is 51.5. The van der Waals surface area contributed by atoms with E-state index < -0.39 is 0 Å². The highest BCUT2D eigenvalue weighted by Crippen LogP contribution is 2.65. The Morgan fingerprint density at radius 3 is 2.74 bits per heavy atom. The number of aliphatic hydroxyl groups excluding tert-OH is 1. The lowest BCUT2D eigenvalue weighted by Gasteiger charge is -2.56. The van der Waals surface area contributed by atoms with Crippen molar-refractivity contribution in [2.24, 2.45) is 34.5 Å². The first-order valence-corrected chi connectivity index (χ1v) is 9.43. The van der Waals surface area contributed by atoms with Crippen LogP contribution in [0, 0.1) is 34.5 Å². The molecule has 23 heavy (non-hydrogen) atoms. The molecule has 2 saturated carbocycles. The molecule has 2 heteroatoms. The highest BCUT2D eigenvalue weighted by atomic mass is 16.3. The van der Waals surface area contributed by atoms with Gasteiger partial charge in [-0.25, -0.2) is 0 Å². The van der Waals surface area contributed by atoms with Crippen molar-refractivity contribution >= 4 is 5.78 Å². The summed E-state index contributed by atoms with van der Waals surface area (Å²) < 4.78 is 0. The van der Waals surface area contributed by atoms with Crippen LogP contribution in [0.25, 0.3) is 0 Å². The molecule has 7 atom stereocenters. The first kappa shape index (κ1) is 15.6. The highest BCUT2D eigenvalue weighted by Gasteiger charge is 2.58. The maximum absolute atomic E-state index is 12.1. The number of aliphatic hydroxyl groups is 1. The molecule has 4 aliphatic rings. The summed E-state index contributed by atoms with van der Waals surface area (Å²) in [5, 5.41) is 9.98. The monoisotopic (exact) mass is 314 g/mol. The van der Waals surface area contributed by atoms with Crippen molar-refractivity contribution < 1.29 is 9.90 Å². The lowest BCUT2D eigenvalue weighted by atomic mass is 9.48. The number of Topliss-reactive ketones (excluding diaryl/α,β-unsaturated/α-hetero) is 1. The fourth-order valence-electron chi connectivity index (χ4n) is 6.90. The predicted octanol–water partition coefficient (Wildman–Crippen LogP) is 4.29. The summed E-state index contributed by atoms with van der Waals surface area (Å²) in [5.74, 6) is 2.80. The first-order valence-electron chi connectivity index (χ1n) is 9.43. The van der Waals surface area contributed by atoms with Crippen LogP contribution >= 0.6 is 0 Å². The zero-order valence-electron chi connectivity index (χ0n) is 14.7. The predicted molar refractivity (Wildman–Crippen MR) is 91.8 cm³/mol. The van der Waals surface area contributed by atoms with Crippen LogP contribution in [0.15, 0.2) is 23.8 Å². The topological polar surface area (TPSA) is 37.3 Å². The molecule has 0 aliphatic heterocycles. The molecule has 0 unspecified atom stereocenters. The van der Waals surface area contributed by atoms with E-state index in [2.05, 4.69) is 26.0 Å². The zero-order valence-corrected chi connectivity index (χ0v) is 14.7. The van der Waals surface area contributed by atoms with Gasteiger partial charge in [0.1, 0.15) is 5.78 Å². The Morgan fingerprint density at radius 2 is 2.00 bits per heavy atom. The van der Waals surface area contributed by atoms with Gasteiger partial charge >= 0.3 is 0 Å². The molecule has 0 heterocycles. The van der Waals surface area contributed by atoms with E-state index >= 15 is 0 Å². The van der Waals surface area contributed by atoms with E-state index in [4.69, 9.17) is 0 Å². The van der Waals surface area contributed by atoms with Crippen LogP contribution in [0.2, 0.25) is 0 Å². The Balaban J connectivity index is 1.69. The van der Waals surface area contributed by atoms with Gasteiger partial charge in [0.15, 0.2) is 0 Å². The van der Waals surface area contributed by atoms with Crippen molar-refractivity contribution in [2.45, 2.75) is 65.4 Å². The lowest BCUT2D eigenvalue weighted by Crippen LogP contribution is -2.49. The summed E-state index contributed by atoms with van der Waals surface area (Å²) in [7, 11) is 0. The highest BCUT2D eigenvalue weighted by molar-refractivity contribution is 5.79. The molecular formula is C21H30O2. The summed E-state index contributed by atoms with van der Waals surface area (Å²) in [6.07, 6.45) is 13.2. The summed E-state index contributed by atoms with van der Waals surface area (Å²) in [5.41, 5.74) is 1.82. The number of hydrogen-bond acceptors (Lipinski definition) is 2. The number of ketones is 1. The van der Waals surface area contributed by atoms with Crippen LogP contribution < -0.4 is 0 Å². The number of allylic oxidation sites excluding steroid dienone is 2. The molecule has 126 valence electrons. The van der Waals surface area contributed by atoms with E-state index in [1.54, 1.807) is 6.92 Å². The van der Waals surface area contributed by atoms with Crippen molar-refractivity contribution in [3.8, 4) is 0 Å². The molecule has 1 N–H and O–H groups in total. The standard InChI is InChI=1S/C21H30O2/c1-13(22)17-6-7-18-16-5-4-14-12-15(23)8-10-20(14,2)19(16)9-11-21(17,18)3/h4,8,10,15-19,23H,5-7,9,11-12H2,1-3H3/t15-,16-,17+,18-,19-,20-,21+/m0/s1. The molecule has 2 fully saturated rings. The fourth-order valence-corrected chi connectivity index (χ4v) is 6.90. The molecule has 0 bridgehead atoms. The smallest absolute Gasteiger partial charge is 0.133 e. The summed E-state index contributed by atoms with van der Waals surface area (Å²) in [4.78, 5) is 12.1. The van der Waals surface area contributed by atoms with E-state index in [1.807, 2.05) is 6.08 Å². The minimum absolute atomic E-state index is 0.137. The summed E-state index contributed by atoms with van der Waals surface area (Å²) in [6.45, 7) is 6.59. The molecule has 0 radical (unpaired) electrons. The summed E-state index contributed by atoms with van der Waals surface area (Å²) in [6, 6.07) is 0. The molecular weight excluding hydrogens is 284 g/mol. The first-order chi connectivity index (χ1) is 10.9. The number of fused-ring (bicyclic) bond motifs is 5. The van der Waals surface area contributed by atoms with Crippen molar-refractivity contribution in [2.75, 3.05) is 0 Å². The van der Waals surface area contributed by atoms with Crippen molar-refractivity contribution in [3.05, 3.63) is 23.8 Å². The largest absolute Gasteiger partial charge is 0.389 e. The van der Waals surface area contributed by atoms with Crippen LogP contribution in [0.1, 0.15) is 59.3 Å². The molecule has 2 nitrogen and oxygen atoms in total. The van der Waals surface area contributed by atoms with Gasteiger partial charge in [0.05, 0.1) is 6.10 Å². The van der Waals surface area contributed by atoms with E-state index in [0.717, 1.165) is 19.3 Å². The summed E-state index contributed by atoms with van der Waals surface area (Å²) >= 11 is 0. The molecule has 0 aromatic rings. The average molecular weight is 314 g/mol. The molecule has 0 saturated heterocycles. The van der Waals surface area contributed by atoms with Gasteiger partial charge in [-0.05, 0) is 68.6 Å². The molecule has 4 aliphatic carbocycles. The second-order valence-corrected chi connectivity index (χ2v) is 9.04. The lowest BCUT2D eigenvalue weighted by molar-refractivity contribution is -0.126. The van der Waals surface area contributed by atoms with Gasteiger partial charge in [0.2, 0.25) is 0 Å². The van der Waals surface area contributed by atoms with Gasteiger partial charge in [-0.2, -0.15) is 0 Å². The van der Waals surface area contributed by atoms with Gasteiger partial charge in [0.25, 0.3) is 0 Å². The second kappa shape index (κ2) is 5.05. The van der Waals surface area contributed by atoms with Gasteiger partial charge in [-0.3, -0.25) is 4.79 Å². The third-order valence-electron chi connectivity index (χ3n) is 8.12. The van der Waals surface area contributed by atoms with Gasteiger partial charge < -0.3 is 5.11 Å². The van der Waals surface area contributed by atoms with Crippen LogP contribution in [-0.2, 0) is 4.79 Å². The van der Waals surface area contributed by atoms with Gasteiger partial charge in [-0.1, -0.05) is 37.6 Å². The van der Waals surface area contributed by atoms with Crippen molar-refractivity contribution in [3.63, 3.8) is 0 Å². The SMILES string of the molecule is CC(=O)[C@H]1CC[C@H]2[C@@H]3CC=C4C[C@@H](O)C=C[C@]4(C)[C@H]3CC[C@]12C. The third-order valence-corrected chi connectivity index (χ3v) is 8.12. The minimum Gasteiger partial charge on any atom is -0.389 e. The van der Waals surface area contributed by atoms with Crippen LogP contribution in [0.3, 0.4) is 0 Å². The Hall–Kier alpha value is -0.890. The van der Waals surface area contributed by atoms with E-state index in [0.29, 0.717) is 23.5 Å². The van der Waals surface area contributed by atoms with Gasteiger partial charge in [0, 0.05) is 11.3 Å². The molecule has 0 aromatic carbocycles. The average Bonchev–Trinajstić information content (AvgIpc) is 2.85. The zero-order chi connectivity index (χ0) is 16.4. The Labute approximate surface area is 140 Å². The maximum Gasteiger partial charge on any atom is 0.133 e. The van der Waals surface area contributed by atoms with Gasteiger partial charge in [-0.15, -0.1) is 0 Å². The fraction of sp³-hybridized carbons (Fsp3) is 0.762. The minimum atomic E-state index is -0.298. The Bertz CT molecular complexity index is 589. The number of carbonyl (C=O) groups is 1. The molecule has 0 aromatic heterocycles. The number of rotatable bonds is 1. The molecule has 0 amide bonds. The number of hydrogen-bond donors (Lipinski definition) is 1. The van der Waals surface area contributed by atoms with Crippen LogP contribution in [0.4, 0.5) is 0 Å². The van der Waals surface area contributed by atoms with E-state index in [-0.39, 0.29) is 22.9 Å². The van der Waals surface area contributed by atoms with Crippen molar-refractivity contribution in [1.29, 1.82) is 0 Å². The quantitative estimate of drug-likeness (QED) is 0.733. The van der Waals surface area contributed by atoms with Crippen LogP contribution in [-0.4, -0.2) is 17.0 Å². The Morgan fingerprint density at radius 1 is 1.22 bits per heavy atom. The van der Waals surface area contributed by atoms with E-state index in [9.17, 15) is 9.90 Å². The maximum atomic E-state index is 12.1. The van der Waals surface area contributed by atoms with Crippen molar-refractivity contribution in [1.82, 2.24) is 0 Å².